The van der Waals surface area contributed by atoms with Crippen LogP contribution in [-0.2, 0) is 0 Å². The van der Waals surface area contributed by atoms with Gasteiger partial charge in [-0.05, 0) is 28.6 Å². The third-order valence-electron chi connectivity index (χ3n) is 3.61. The first kappa shape index (κ1) is 12.0. The van der Waals surface area contributed by atoms with E-state index in [0.29, 0.717) is 0 Å². The van der Waals surface area contributed by atoms with Gasteiger partial charge in [0.15, 0.2) is 0 Å². The molecule has 96 valence electrons. The summed E-state index contributed by atoms with van der Waals surface area (Å²) in [4.78, 5) is 0. The summed E-state index contributed by atoms with van der Waals surface area (Å²) < 4.78 is 0. The minimum atomic E-state index is 1.04. The molecule has 0 aromatic heterocycles. The number of anilines is 1. The Morgan fingerprint density at radius 2 is 1.53 bits per heavy atom. The van der Waals surface area contributed by atoms with E-state index in [2.05, 4.69) is 66.8 Å². The normalized spacial score (nSPS) is 11.0. The van der Waals surface area contributed by atoms with Crippen LogP contribution >= 0.6 is 0 Å². The van der Waals surface area contributed by atoms with Gasteiger partial charge in [0.25, 0.3) is 0 Å². The summed E-state index contributed by atoms with van der Waals surface area (Å²) in [6.45, 7) is 3.26. The molecule has 19 heavy (non-hydrogen) atoms. The summed E-state index contributed by atoms with van der Waals surface area (Å²) in [6, 6.07) is 19.5. The van der Waals surface area contributed by atoms with E-state index in [4.69, 9.17) is 0 Å². The van der Waals surface area contributed by atoms with E-state index in [-0.39, 0.29) is 0 Å². The lowest BCUT2D eigenvalue weighted by Crippen LogP contribution is -2.01. The summed E-state index contributed by atoms with van der Waals surface area (Å²) >= 11 is 0. The van der Waals surface area contributed by atoms with Crippen LogP contribution in [0.3, 0.4) is 0 Å². The number of unbranched alkanes of at least 4 members (excludes halogenated alkanes) is 1. The molecule has 3 aromatic carbocycles. The van der Waals surface area contributed by atoms with Crippen LogP contribution in [0.4, 0.5) is 5.69 Å². The van der Waals surface area contributed by atoms with Crippen LogP contribution in [0.5, 0.6) is 0 Å². The van der Waals surface area contributed by atoms with Crippen molar-refractivity contribution in [3.63, 3.8) is 0 Å². The Kier molecular flexibility index (Phi) is 3.37. The summed E-state index contributed by atoms with van der Waals surface area (Å²) in [5.41, 5.74) is 1.25. The Bertz CT molecular complexity index is 700. The summed E-state index contributed by atoms with van der Waals surface area (Å²) in [7, 11) is 0. The zero-order valence-electron chi connectivity index (χ0n) is 11.3. The predicted octanol–water partition coefficient (Wildman–Crippen LogP) is 5.21. The van der Waals surface area contributed by atoms with Gasteiger partial charge >= 0.3 is 0 Å². The molecule has 0 heterocycles. The van der Waals surface area contributed by atoms with Gasteiger partial charge in [-0.15, -0.1) is 0 Å². The van der Waals surface area contributed by atoms with Crippen LogP contribution in [-0.4, -0.2) is 6.54 Å². The number of benzene rings is 3. The minimum Gasteiger partial charge on any atom is -0.385 e. The maximum absolute atomic E-state index is 3.58. The van der Waals surface area contributed by atoms with Crippen molar-refractivity contribution in [1.82, 2.24) is 0 Å². The van der Waals surface area contributed by atoms with Crippen molar-refractivity contribution in [2.24, 2.45) is 0 Å². The molecular formula is C18H19N. The number of rotatable bonds is 4. The molecule has 0 amide bonds. The average Bonchev–Trinajstić information content (AvgIpc) is 2.47. The van der Waals surface area contributed by atoms with Crippen LogP contribution in [0.2, 0.25) is 0 Å². The van der Waals surface area contributed by atoms with E-state index >= 15 is 0 Å². The van der Waals surface area contributed by atoms with E-state index in [1.807, 2.05) is 0 Å². The predicted molar refractivity (Wildman–Crippen MR) is 84.9 cm³/mol. The van der Waals surface area contributed by atoms with Gasteiger partial charge in [0, 0.05) is 17.6 Å². The molecule has 1 N–H and O–H groups in total. The van der Waals surface area contributed by atoms with Crippen molar-refractivity contribution in [3.05, 3.63) is 54.6 Å². The van der Waals surface area contributed by atoms with Gasteiger partial charge in [0.1, 0.15) is 0 Å². The first-order valence-corrected chi connectivity index (χ1v) is 7.04. The fraction of sp³-hybridized carbons (Fsp3) is 0.222. The second kappa shape index (κ2) is 5.31. The SMILES string of the molecule is CCCCNc1cc2ccccc2c2ccccc12. The third kappa shape index (κ3) is 2.28. The van der Waals surface area contributed by atoms with Gasteiger partial charge < -0.3 is 5.32 Å². The van der Waals surface area contributed by atoms with E-state index in [1.54, 1.807) is 0 Å². The highest BCUT2D eigenvalue weighted by atomic mass is 14.9. The Balaban J connectivity index is 2.18. The molecule has 1 heteroatoms. The van der Waals surface area contributed by atoms with Gasteiger partial charge in [-0.25, -0.2) is 0 Å². The molecule has 0 fully saturated rings. The van der Waals surface area contributed by atoms with Crippen molar-refractivity contribution in [2.75, 3.05) is 11.9 Å². The molecule has 0 saturated carbocycles. The van der Waals surface area contributed by atoms with Crippen molar-refractivity contribution in [2.45, 2.75) is 19.8 Å². The maximum Gasteiger partial charge on any atom is 0.0426 e. The van der Waals surface area contributed by atoms with E-state index in [0.717, 1.165) is 6.54 Å². The lowest BCUT2D eigenvalue weighted by molar-refractivity contribution is 0.835. The first-order chi connectivity index (χ1) is 9.40. The van der Waals surface area contributed by atoms with Crippen LogP contribution in [0.25, 0.3) is 21.5 Å². The second-order valence-corrected chi connectivity index (χ2v) is 4.97. The molecule has 0 aliphatic carbocycles. The van der Waals surface area contributed by atoms with Crippen molar-refractivity contribution in [1.29, 1.82) is 0 Å². The first-order valence-electron chi connectivity index (χ1n) is 7.04. The molecule has 0 unspecified atom stereocenters. The lowest BCUT2D eigenvalue weighted by atomic mass is 10.0. The summed E-state index contributed by atoms with van der Waals surface area (Å²) in [5, 5.41) is 8.87. The van der Waals surface area contributed by atoms with Crippen LogP contribution in [0.15, 0.2) is 54.6 Å². The Morgan fingerprint density at radius 3 is 2.32 bits per heavy atom. The smallest absolute Gasteiger partial charge is 0.0426 e. The fourth-order valence-corrected chi connectivity index (χ4v) is 2.60. The highest BCUT2D eigenvalue weighted by molar-refractivity contribution is 6.12. The molecule has 0 aliphatic rings. The summed E-state index contributed by atoms with van der Waals surface area (Å²) in [5.74, 6) is 0. The highest BCUT2D eigenvalue weighted by Gasteiger charge is 2.05. The fourth-order valence-electron chi connectivity index (χ4n) is 2.60. The number of hydrogen-bond acceptors (Lipinski definition) is 1. The Morgan fingerprint density at radius 1 is 0.842 bits per heavy atom. The van der Waals surface area contributed by atoms with E-state index in [9.17, 15) is 0 Å². The monoisotopic (exact) mass is 249 g/mol. The van der Waals surface area contributed by atoms with Gasteiger partial charge in [0.05, 0.1) is 0 Å². The molecule has 0 saturated heterocycles. The van der Waals surface area contributed by atoms with Crippen LogP contribution in [0, 0.1) is 0 Å². The number of nitrogens with one attached hydrogen (secondary N) is 1. The van der Waals surface area contributed by atoms with Gasteiger partial charge in [-0.2, -0.15) is 0 Å². The van der Waals surface area contributed by atoms with E-state index in [1.165, 1.54) is 40.1 Å². The minimum absolute atomic E-state index is 1.04. The van der Waals surface area contributed by atoms with Crippen LogP contribution < -0.4 is 5.32 Å². The molecule has 3 rings (SSSR count). The number of hydrogen-bond donors (Lipinski definition) is 1. The third-order valence-corrected chi connectivity index (χ3v) is 3.61. The molecule has 0 atom stereocenters. The Hall–Kier alpha value is -2.02. The lowest BCUT2D eigenvalue weighted by Gasteiger charge is -2.12. The molecule has 0 bridgehead atoms. The number of fused-ring (bicyclic) bond motifs is 3. The van der Waals surface area contributed by atoms with Crippen molar-refractivity contribution in [3.8, 4) is 0 Å². The topological polar surface area (TPSA) is 12.0 Å². The molecule has 0 radical (unpaired) electrons. The maximum atomic E-state index is 3.58. The molecule has 0 aliphatic heterocycles. The quantitative estimate of drug-likeness (QED) is 0.494. The second-order valence-electron chi connectivity index (χ2n) is 4.97. The van der Waals surface area contributed by atoms with Gasteiger partial charge in [-0.1, -0.05) is 61.9 Å². The zero-order chi connectivity index (χ0) is 13.1. The largest absolute Gasteiger partial charge is 0.385 e. The van der Waals surface area contributed by atoms with Crippen molar-refractivity contribution < 1.29 is 0 Å². The van der Waals surface area contributed by atoms with Crippen molar-refractivity contribution >= 4 is 27.2 Å². The van der Waals surface area contributed by atoms with Gasteiger partial charge in [0.2, 0.25) is 0 Å². The average molecular weight is 249 g/mol. The zero-order valence-corrected chi connectivity index (χ0v) is 11.3. The van der Waals surface area contributed by atoms with E-state index < -0.39 is 0 Å². The molecule has 3 aromatic rings. The summed E-state index contributed by atoms with van der Waals surface area (Å²) in [6.07, 6.45) is 2.43. The Labute approximate surface area is 114 Å². The molecule has 1 nitrogen and oxygen atoms in total. The highest BCUT2D eigenvalue weighted by Crippen LogP contribution is 2.31. The molecule has 0 spiro atoms. The van der Waals surface area contributed by atoms with Crippen LogP contribution in [0.1, 0.15) is 19.8 Å². The standard InChI is InChI=1S/C18H19N/c1-2-3-12-19-18-13-14-8-4-5-9-15(14)16-10-6-7-11-17(16)18/h4-11,13,19H,2-3,12H2,1H3. The van der Waals surface area contributed by atoms with Gasteiger partial charge in [-0.3, -0.25) is 0 Å². The molecular weight excluding hydrogens is 230 g/mol.